The Balaban J connectivity index is 1.55. The number of rotatable bonds is 6. The predicted molar refractivity (Wildman–Crippen MR) is 117 cm³/mol. The standard InChI is InChI=1S/C24H28N4O2/c1-17-9-11-21(12-10-17)30-16-15-27-14-13-25-24(29)23(27)22-18(2)26-28(19(22)3)20-7-5-4-6-8-20/h4-12,23H,13-16H2,1-3H3,(H,25,29)/t23-/m1/s1. The molecule has 1 saturated heterocycles. The van der Waals surface area contributed by atoms with Crippen LogP contribution in [0.5, 0.6) is 5.75 Å². The van der Waals surface area contributed by atoms with Crippen LogP contribution in [0.1, 0.15) is 28.6 Å². The van der Waals surface area contributed by atoms with Gasteiger partial charge in [0, 0.05) is 30.9 Å². The van der Waals surface area contributed by atoms with Gasteiger partial charge < -0.3 is 10.1 Å². The topological polar surface area (TPSA) is 59.4 Å². The van der Waals surface area contributed by atoms with Crippen LogP contribution in [0, 0.1) is 20.8 Å². The van der Waals surface area contributed by atoms with Gasteiger partial charge in [0.1, 0.15) is 18.4 Å². The minimum atomic E-state index is -0.363. The third-order valence-electron chi connectivity index (χ3n) is 5.60. The number of carbonyl (C=O) groups excluding carboxylic acids is 1. The van der Waals surface area contributed by atoms with Crippen molar-refractivity contribution in [2.45, 2.75) is 26.8 Å². The zero-order chi connectivity index (χ0) is 21.1. The Kier molecular flexibility index (Phi) is 5.86. The van der Waals surface area contributed by atoms with E-state index in [-0.39, 0.29) is 11.9 Å². The fourth-order valence-electron chi connectivity index (χ4n) is 4.06. The third-order valence-corrected chi connectivity index (χ3v) is 5.60. The number of aryl methyl sites for hydroxylation is 2. The second-order valence-corrected chi connectivity index (χ2v) is 7.72. The van der Waals surface area contributed by atoms with Crippen molar-refractivity contribution in [3.05, 3.63) is 77.1 Å². The van der Waals surface area contributed by atoms with Crippen LogP contribution in [-0.4, -0.2) is 46.8 Å². The number of para-hydroxylation sites is 1. The van der Waals surface area contributed by atoms with E-state index in [9.17, 15) is 4.79 Å². The molecule has 6 heteroatoms. The maximum atomic E-state index is 12.9. The molecule has 0 spiro atoms. The fourth-order valence-corrected chi connectivity index (χ4v) is 4.06. The van der Waals surface area contributed by atoms with Gasteiger partial charge in [-0.25, -0.2) is 4.68 Å². The molecule has 1 amide bonds. The Morgan fingerprint density at radius 1 is 1.07 bits per heavy atom. The molecule has 1 aromatic heterocycles. The molecule has 2 heterocycles. The maximum absolute atomic E-state index is 12.9. The van der Waals surface area contributed by atoms with Gasteiger partial charge >= 0.3 is 0 Å². The van der Waals surface area contributed by atoms with E-state index in [2.05, 4.69) is 17.1 Å². The molecule has 0 radical (unpaired) electrons. The smallest absolute Gasteiger partial charge is 0.242 e. The first kappa shape index (κ1) is 20.2. The summed E-state index contributed by atoms with van der Waals surface area (Å²) < 4.78 is 7.85. The molecule has 1 aliphatic heterocycles. The molecule has 156 valence electrons. The number of ether oxygens (including phenoxy) is 1. The number of hydrogen-bond donors (Lipinski definition) is 1. The highest BCUT2D eigenvalue weighted by atomic mass is 16.5. The van der Waals surface area contributed by atoms with Crippen molar-refractivity contribution in [1.29, 1.82) is 0 Å². The summed E-state index contributed by atoms with van der Waals surface area (Å²) in [6, 6.07) is 17.7. The van der Waals surface area contributed by atoms with E-state index in [0.717, 1.165) is 34.9 Å². The molecular formula is C24H28N4O2. The van der Waals surface area contributed by atoms with Crippen molar-refractivity contribution in [1.82, 2.24) is 20.0 Å². The zero-order valence-electron chi connectivity index (χ0n) is 17.8. The lowest BCUT2D eigenvalue weighted by atomic mass is 10.0. The number of hydrogen-bond acceptors (Lipinski definition) is 4. The SMILES string of the molecule is Cc1ccc(OCCN2CCNC(=O)[C@H]2c2c(C)nn(-c3ccccc3)c2C)cc1. The van der Waals surface area contributed by atoms with E-state index < -0.39 is 0 Å². The molecule has 1 atom stereocenters. The number of nitrogens with zero attached hydrogens (tertiary/aromatic N) is 3. The molecule has 1 aliphatic rings. The number of benzene rings is 2. The Bertz CT molecular complexity index is 1010. The Morgan fingerprint density at radius 2 is 1.80 bits per heavy atom. The normalized spacial score (nSPS) is 17.0. The summed E-state index contributed by atoms with van der Waals surface area (Å²) in [6.07, 6.45) is 0. The van der Waals surface area contributed by atoms with E-state index in [0.29, 0.717) is 19.7 Å². The van der Waals surface area contributed by atoms with E-state index >= 15 is 0 Å². The number of amides is 1. The van der Waals surface area contributed by atoms with Crippen LogP contribution in [0.15, 0.2) is 54.6 Å². The van der Waals surface area contributed by atoms with Crippen molar-refractivity contribution in [3.63, 3.8) is 0 Å². The average Bonchev–Trinajstić information content (AvgIpc) is 3.04. The van der Waals surface area contributed by atoms with Crippen LogP contribution >= 0.6 is 0 Å². The molecule has 6 nitrogen and oxygen atoms in total. The van der Waals surface area contributed by atoms with Crippen molar-refractivity contribution in [2.75, 3.05) is 26.2 Å². The van der Waals surface area contributed by atoms with Gasteiger partial charge in [0.2, 0.25) is 5.91 Å². The number of aromatic nitrogens is 2. The van der Waals surface area contributed by atoms with Gasteiger partial charge in [-0.05, 0) is 45.0 Å². The first-order chi connectivity index (χ1) is 14.5. The number of carbonyl (C=O) groups is 1. The van der Waals surface area contributed by atoms with Crippen molar-refractivity contribution >= 4 is 5.91 Å². The highest BCUT2D eigenvalue weighted by molar-refractivity contribution is 5.84. The van der Waals surface area contributed by atoms with E-state index in [1.807, 2.05) is 73.1 Å². The van der Waals surface area contributed by atoms with Gasteiger partial charge in [0.15, 0.2) is 0 Å². The number of nitrogens with one attached hydrogen (secondary N) is 1. The van der Waals surface area contributed by atoms with E-state index in [4.69, 9.17) is 9.84 Å². The molecule has 30 heavy (non-hydrogen) atoms. The summed E-state index contributed by atoms with van der Waals surface area (Å²) >= 11 is 0. The van der Waals surface area contributed by atoms with Crippen LogP contribution in [0.3, 0.4) is 0 Å². The zero-order valence-corrected chi connectivity index (χ0v) is 17.8. The van der Waals surface area contributed by atoms with Gasteiger partial charge in [-0.15, -0.1) is 0 Å². The lowest BCUT2D eigenvalue weighted by molar-refractivity contribution is -0.129. The third kappa shape index (κ3) is 4.09. The molecule has 2 aromatic carbocycles. The summed E-state index contributed by atoms with van der Waals surface area (Å²) in [6.45, 7) is 8.68. The molecule has 0 unspecified atom stereocenters. The summed E-state index contributed by atoms with van der Waals surface area (Å²) in [5, 5.41) is 7.76. The van der Waals surface area contributed by atoms with Gasteiger partial charge in [-0.2, -0.15) is 5.10 Å². The molecular weight excluding hydrogens is 376 g/mol. The molecule has 1 N–H and O–H groups in total. The molecule has 4 rings (SSSR count). The Hall–Kier alpha value is -3.12. The lowest BCUT2D eigenvalue weighted by Gasteiger charge is -2.35. The van der Waals surface area contributed by atoms with Crippen LogP contribution in [0.25, 0.3) is 5.69 Å². The van der Waals surface area contributed by atoms with Crippen molar-refractivity contribution < 1.29 is 9.53 Å². The summed E-state index contributed by atoms with van der Waals surface area (Å²) in [4.78, 5) is 15.1. The van der Waals surface area contributed by atoms with E-state index in [1.165, 1.54) is 5.56 Å². The van der Waals surface area contributed by atoms with E-state index in [1.54, 1.807) is 0 Å². The van der Waals surface area contributed by atoms with Crippen LogP contribution in [0.2, 0.25) is 0 Å². The minimum Gasteiger partial charge on any atom is -0.492 e. The first-order valence-electron chi connectivity index (χ1n) is 10.4. The second kappa shape index (κ2) is 8.71. The Morgan fingerprint density at radius 3 is 2.53 bits per heavy atom. The van der Waals surface area contributed by atoms with Crippen LogP contribution in [-0.2, 0) is 4.79 Å². The molecule has 0 saturated carbocycles. The van der Waals surface area contributed by atoms with Crippen LogP contribution < -0.4 is 10.1 Å². The van der Waals surface area contributed by atoms with Gasteiger partial charge in [0.25, 0.3) is 0 Å². The highest BCUT2D eigenvalue weighted by Crippen LogP contribution is 2.30. The average molecular weight is 405 g/mol. The van der Waals surface area contributed by atoms with Gasteiger partial charge in [-0.3, -0.25) is 9.69 Å². The quantitative estimate of drug-likeness (QED) is 0.685. The van der Waals surface area contributed by atoms with Gasteiger partial charge in [0.05, 0.1) is 11.4 Å². The molecule has 0 aliphatic carbocycles. The second-order valence-electron chi connectivity index (χ2n) is 7.72. The molecule has 0 bridgehead atoms. The van der Waals surface area contributed by atoms with Crippen LogP contribution in [0.4, 0.5) is 0 Å². The largest absolute Gasteiger partial charge is 0.492 e. The fraction of sp³-hybridized carbons (Fsp3) is 0.333. The molecule has 3 aromatic rings. The predicted octanol–water partition coefficient (Wildman–Crippen LogP) is 3.35. The summed E-state index contributed by atoms with van der Waals surface area (Å²) in [5.41, 5.74) is 5.05. The number of piperazine rings is 1. The summed E-state index contributed by atoms with van der Waals surface area (Å²) in [5.74, 6) is 0.873. The first-order valence-corrected chi connectivity index (χ1v) is 10.4. The lowest BCUT2D eigenvalue weighted by Crippen LogP contribution is -2.51. The van der Waals surface area contributed by atoms with Crippen molar-refractivity contribution in [3.8, 4) is 11.4 Å². The maximum Gasteiger partial charge on any atom is 0.242 e. The Labute approximate surface area is 177 Å². The van der Waals surface area contributed by atoms with Gasteiger partial charge in [-0.1, -0.05) is 35.9 Å². The molecule has 1 fully saturated rings. The highest BCUT2D eigenvalue weighted by Gasteiger charge is 2.35. The van der Waals surface area contributed by atoms with Crippen molar-refractivity contribution in [2.24, 2.45) is 0 Å². The minimum absolute atomic E-state index is 0.0235. The summed E-state index contributed by atoms with van der Waals surface area (Å²) in [7, 11) is 0. The monoisotopic (exact) mass is 404 g/mol.